The lowest BCUT2D eigenvalue weighted by atomic mass is 10.1. The Kier molecular flexibility index (Phi) is 9.56. The minimum absolute atomic E-state index is 0. The van der Waals surface area contributed by atoms with Crippen molar-refractivity contribution in [2.45, 2.75) is 18.4 Å². The molecular weight excluding hydrogens is 604 g/mol. The van der Waals surface area contributed by atoms with Crippen LogP contribution < -0.4 is 15.4 Å². The minimum atomic E-state index is -4.27. The number of nitrogens with one attached hydrogen (secondary N) is 2. The molecule has 5 aromatic rings. The lowest BCUT2D eigenvalue weighted by molar-refractivity contribution is -0.141. The number of aromatic nitrogens is 2. The summed E-state index contributed by atoms with van der Waals surface area (Å²) in [6.45, 7) is 1.40. The molecule has 0 spiro atoms. The number of hydrogen-bond donors (Lipinski definition) is 3. The van der Waals surface area contributed by atoms with Gasteiger partial charge in [0.05, 0.1) is 22.8 Å². The maximum absolute atomic E-state index is 14.2. The zero-order chi connectivity index (χ0) is 30.7. The fourth-order valence-corrected chi connectivity index (χ4v) is 6.49. The maximum atomic E-state index is 14.2. The van der Waals surface area contributed by atoms with Crippen molar-refractivity contribution in [3.8, 4) is 0 Å². The summed E-state index contributed by atoms with van der Waals surface area (Å²) in [5, 5.41) is 12.0. The Bertz CT molecular complexity index is 1970. The summed E-state index contributed by atoms with van der Waals surface area (Å²) in [7, 11) is -2.48. The summed E-state index contributed by atoms with van der Waals surface area (Å²) in [6.07, 6.45) is 4.75. The van der Waals surface area contributed by atoms with Gasteiger partial charge in [0.1, 0.15) is 12.4 Å². The summed E-state index contributed by atoms with van der Waals surface area (Å²) < 4.78 is 36.2. The molecule has 0 bridgehead atoms. The number of aryl methyl sites for hydroxylation is 1. The standard InChI is InChI=1S/C31H30N6O5S.ClH/c1-3-42-29(38)19-37(43(40,41)28-6-4-5-22-17-34-14-13-24(22)28)23-11-12-27-25(15-23)26(18-36(27)2)31(39)35-16-20-7-9-21(10-8-20)30(32)33;/h4-15,17-18H,3,16,19H2,1-2H3,(H3,32,33)(H,35,39);1H. The zero-order valence-electron chi connectivity index (χ0n) is 24.0. The quantitative estimate of drug-likeness (QED) is 0.118. The fraction of sp³-hybridized carbons (Fsp3) is 0.161. The smallest absolute Gasteiger partial charge is 0.326 e. The van der Waals surface area contributed by atoms with Crippen LogP contribution in [-0.4, -0.2) is 48.8 Å². The molecule has 0 aliphatic carbocycles. The van der Waals surface area contributed by atoms with Gasteiger partial charge in [-0.05, 0) is 42.8 Å². The number of esters is 1. The van der Waals surface area contributed by atoms with Crippen LogP contribution in [0.5, 0.6) is 0 Å². The molecule has 3 aromatic carbocycles. The largest absolute Gasteiger partial charge is 0.465 e. The van der Waals surface area contributed by atoms with E-state index in [0.29, 0.717) is 32.8 Å². The molecule has 0 radical (unpaired) electrons. The highest BCUT2D eigenvalue weighted by Gasteiger charge is 2.30. The Hall–Kier alpha value is -4.94. The number of carbonyl (C=O) groups excluding carboxylic acids is 2. The van der Waals surface area contributed by atoms with Gasteiger partial charge in [0.2, 0.25) is 0 Å². The summed E-state index contributed by atoms with van der Waals surface area (Å²) in [4.78, 5) is 30.1. The number of carbonyl (C=O) groups is 2. The molecule has 11 nitrogen and oxygen atoms in total. The molecule has 2 aromatic heterocycles. The fourth-order valence-electron chi connectivity index (χ4n) is 4.87. The molecule has 4 N–H and O–H groups in total. The molecule has 228 valence electrons. The van der Waals surface area contributed by atoms with Crippen molar-refractivity contribution >= 4 is 67.5 Å². The topological polar surface area (TPSA) is 160 Å². The molecule has 2 heterocycles. The molecule has 44 heavy (non-hydrogen) atoms. The Morgan fingerprint density at radius 2 is 1.82 bits per heavy atom. The number of ether oxygens (including phenoxy) is 1. The predicted octanol–water partition coefficient (Wildman–Crippen LogP) is 4.12. The lowest BCUT2D eigenvalue weighted by Gasteiger charge is -2.24. The summed E-state index contributed by atoms with van der Waals surface area (Å²) in [5.74, 6) is -1.12. The second kappa shape index (κ2) is 13.1. The first-order valence-corrected chi connectivity index (χ1v) is 14.9. The van der Waals surface area contributed by atoms with E-state index < -0.39 is 22.5 Å². The van der Waals surface area contributed by atoms with Crippen molar-refractivity contribution in [3.63, 3.8) is 0 Å². The third-order valence-corrected chi connectivity index (χ3v) is 8.84. The molecule has 0 fully saturated rings. The number of fused-ring (bicyclic) bond motifs is 2. The number of halogens is 1. The minimum Gasteiger partial charge on any atom is -0.465 e. The van der Waals surface area contributed by atoms with Crippen molar-refractivity contribution < 1.29 is 22.7 Å². The second-order valence-corrected chi connectivity index (χ2v) is 11.6. The first-order chi connectivity index (χ1) is 20.6. The van der Waals surface area contributed by atoms with Gasteiger partial charge in [-0.15, -0.1) is 12.4 Å². The van der Waals surface area contributed by atoms with Crippen LogP contribution in [0.1, 0.15) is 28.4 Å². The van der Waals surface area contributed by atoms with Crippen molar-refractivity contribution in [2.75, 3.05) is 17.5 Å². The van der Waals surface area contributed by atoms with Crippen LogP contribution in [0.15, 0.2) is 90.2 Å². The number of anilines is 1. The van der Waals surface area contributed by atoms with E-state index in [-0.39, 0.29) is 47.9 Å². The molecular formula is C31H31ClN6O5S. The average molecular weight is 635 g/mol. The van der Waals surface area contributed by atoms with Crippen LogP contribution in [0.3, 0.4) is 0 Å². The van der Waals surface area contributed by atoms with Gasteiger partial charge >= 0.3 is 5.97 Å². The molecule has 0 saturated carbocycles. The number of amides is 1. The number of rotatable bonds is 10. The van der Waals surface area contributed by atoms with Crippen molar-refractivity contribution in [3.05, 3.63) is 102 Å². The van der Waals surface area contributed by atoms with Gasteiger partial charge in [0.15, 0.2) is 0 Å². The van der Waals surface area contributed by atoms with E-state index in [9.17, 15) is 18.0 Å². The monoisotopic (exact) mass is 634 g/mol. The number of sulfonamides is 1. The van der Waals surface area contributed by atoms with Crippen LogP contribution in [0.25, 0.3) is 21.7 Å². The number of pyridine rings is 1. The van der Waals surface area contributed by atoms with E-state index in [1.165, 1.54) is 12.3 Å². The molecule has 13 heteroatoms. The molecule has 0 unspecified atom stereocenters. The predicted molar refractivity (Wildman–Crippen MR) is 172 cm³/mol. The van der Waals surface area contributed by atoms with Gasteiger partial charge in [-0.3, -0.25) is 24.3 Å². The summed E-state index contributed by atoms with van der Waals surface area (Å²) >= 11 is 0. The Morgan fingerprint density at radius 3 is 2.52 bits per heavy atom. The van der Waals surface area contributed by atoms with E-state index in [1.54, 1.807) is 91.6 Å². The SMILES string of the molecule is CCOC(=O)CN(c1ccc2c(c1)c(C(=O)NCc1ccc(C(=N)N)cc1)cn2C)S(=O)(=O)c1cccc2cnccc12.Cl. The van der Waals surface area contributed by atoms with E-state index in [0.717, 1.165) is 9.87 Å². The Balaban J connectivity index is 0.00000442. The normalized spacial score (nSPS) is 11.1. The number of nitrogens with two attached hydrogens (primary N) is 1. The average Bonchev–Trinajstić information content (AvgIpc) is 3.34. The number of hydrogen-bond acceptors (Lipinski definition) is 7. The third kappa shape index (κ3) is 6.36. The summed E-state index contributed by atoms with van der Waals surface area (Å²) in [6, 6.07) is 18.4. The molecule has 1 amide bonds. The highest BCUT2D eigenvalue weighted by molar-refractivity contribution is 7.93. The highest BCUT2D eigenvalue weighted by Crippen LogP contribution is 2.32. The number of amidine groups is 1. The van der Waals surface area contributed by atoms with Crippen LogP contribution in [0.4, 0.5) is 5.69 Å². The zero-order valence-corrected chi connectivity index (χ0v) is 25.6. The Labute approximate surface area is 260 Å². The van der Waals surface area contributed by atoms with Gasteiger partial charge in [-0.25, -0.2) is 8.42 Å². The molecule has 0 aliphatic heterocycles. The molecule has 0 saturated heterocycles. The van der Waals surface area contributed by atoms with E-state index >= 15 is 0 Å². The van der Waals surface area contributed by atoms with Crippen LogP contribution >= 0.6 is 12.4 Å². The first-order valence-electron chi connectivity index (χ1n) is 13.4. The van der Waals surface area contributed by atoms with Gasteiger partial charge in [-0.1, -0.05) is 36.4 Å². The summed E-state index contributed by atoms with van der Waals surface area (Å²) in [5.41, 5.74) is 8.15. The molecule has 5 rings (SSSR count). The van der Waals surface area contributed by atoms with Crippen molar-refractivity contribution in [1.29, 1.82) is 5.41 Å². The first kappa shape index (κ1) is 32.0. The number of nitrogens with zero attached hydrogens (tertiary/aromatic N) is 3. The second-order valence-electron chi connectivity index (χ2n) is 9.82. The van der Waals surface area contributed by atoms with E-state index in [4.69, 9.17) is 15.9 Å². The van der Waals surface area contributed by atoms with Crippen LogP contribution in [0.2, 0.25) is 0 Å². The van der Waals surface area contributed by atoms with Crippen molar-refractivity contribution in [1.82, 2.24) is 14.9 Å². The lowest BCUT2D eigenvalue weighted by Crippen LogP contribution is -2.36. The van der Waals surface area contributed by atoms with E-state index in [2.05, 4.69) is 10.3 Å². The van der Waals surface area contributed by atoms with Gasteiger partial charge < -0.3 is 20.4 Å². The van der Waals surface area contributed by atoms with Gasteiger partial charge in [-0.2, -0.15) is 0 Å². The number of nitrogen functional groups attached to an aromatic ring is 1. The van der Waals surface area contributed by atoms with E-state index in [1.807, 2.05) is 0 Å². The van der Waals surface area contributed by atoms with Crippen molar-refractivity contribution in [2.24, 2.45) is 12.8 Å². The highest BCUT2D eigenvalue weighted by atomic mass is 35.5. The van der Waals surface area contributed by atoms with Crippen LogP contribution in [0, 0.1) is 5.41 Å². The molecule has 0 atom stereocenters. The van der Waals surface area contributed by atoms with Gasteiger partial charge in [0, 0.05) is 59.4 Å². The van der Waals surface area contributed by atoms with Crippen LogP contribution in [-0.2, 0) is 33.1 Å². The molecule has 0 aliphatic rings. The van der Waals surface area contributed by atoms with Gasteiger partial charge in [0.25, 0.3) is 15.9 Å². The Morgan fingerprint density at radius 1 is 1.07 bits per heavy atom. The number of benzene rings is 3. The third-order valence-electron chi connectivity index (χ3n) is 7.01. The maximum Gasteiger partial charge on any atom is 0.326 e.